The second kappa shape index (κ2) is 8.09. The quantitative estimate of drug-likeness (QED) is 0.722. The summed E-state index contributed by atoms with van der Waals surface area (Å²) in [5, 5.41) is 14.1. The van der Waals surface area contributed by atoms with Gasteiger partial charge in [-0.05, 0) is 43.3 Å². The maximum atomic E-state index is 13.2. The van der Waals surface area contributed by atoms with Crippen molar-refractivity contribution >= 4 is 5.91 Å². The predicted octanol–water partition coefficient (Wildman–Crippen LogP) is 3.24. The van der Waals surface area contributed by atoms with Gasteiger partial charge in [0.05, 0.1) is 11.7 Å². The number of carbonyl (C=O) groups is 1. The largest absolute Gasteiger partial charge is 0.388 e. The molecule has 0 spiro atoms. The molecule has 0 bridgehead atoms. The molecule has 0 aliphatic carbocycles. The lowest BCUT2D eigenvalue weighted by Crippen LogP contribution is -2.29. The predicted molar refractivity (Wildman–Crippen MR) is 97.4 cm³/mol. The van der Waals surface area contributed by atoms with Crippen LogP contribution < -0.4 is 0 Å². The molecule has 0 fully saturated rings. The highest BCUT2D eigenvalue weighted by molar-refractivity contribution is 5.94. The molecule has 3 aromatic rings. The van der Waals surface area contributed by atoms with Crippen LogP contribution in [-0.4, -0.2) is 39.6 Å². The molecule has 2 heterocycles. The van der Waals surface area contributed by atoms with Gasteiger partial charge < -0.3 is 14.5 Å². The fraction of sp³-hybridized carbons (Fsp3) is 0.250. The van der Waals surface area contributed by atoms with Gasteiger partial charge in [-0.15, -0.1) is 0 Å². The van der Waals surface area contributed by atoms with Gasteiger partial charge >= 0.3 is 0 Å². The van der Waals surface area contributed by atoms with Gasteiger partial charge in [-0.3, -0.25) is 9.78 Å². The number of hydrogen-bond acceptors (Lipinski definition) is 5. The highest BCUT2D eigenvalue weighted by Crippen LogP contribution is 2.31. The number of rotatable bonds is 6. The minimum Gasteiger partial charge on any atom is -0.388 e. The minimum absolute atomic E-state index is 0.0205. The van der Waals surface area contributed by atoms with E-state index in [0.717, 1.165) is 5.69 Å². The van der Waals surface area contributed by atoms with Crippen molar-refractivity contribution in [2.45, 2.75) is 19.4 Å². The standard InChI is InChI=1S/C20H20FN3O3/c1-13(25)17-18(14-6-8-15(21)9-7-14)23-27-19(17)20(26)24(2)12-10-16-5-3-4-11-22-16/h3-9,11,13,25H,10,12H2,1-2H3. The molecule has 1 amide bonds. The third kappa shape index (κ3) is 4.20. The Bertz CT molecular complexity index is 908. The lowest BCUT2D eigenvalue weighted by atomic mass is 10.0. The van der Waals surface area contributed by atoms with Crippen LogP contribution in [0.3, 0.4) is 0 Å². The van der Waals surface area contributed by atoms with E-state index in [9.17, 15) is 14.3 Å². The summed E-state index contributed by atoms with van der Waals surface area (Å²) in [4.78, 5) is 18.5. The van der Waals surface area contributed by atoms with Gasteiger partial charge in [0.15, 0.2) is 0 Å². The minimum atomic E-state index is -0.973. The van der Waals surface area contributed by atoms with Crippen LogP contribution in [-0.2, 0) is 6.42 Å². The molecule has 0 radical (unpaired) electrons. The Morgan fingerprint density at radius 2 is 2.00 bits per heavy atom. The Morgan fingerprint density at radius 3 is 2.63 bits per heavy atom. The van der Waals surface area contributed by atoms with E-state index in [1.54, 1.807) is 13.2 Å². The Balaban J connectivity index is 1.82. The van der Waals surface area contributed by atoms with E-state index in [-0.39, 0.29) is 23.0 Å². The van der Waals surface area contributed by atoms with Gasteiger partial charge in [-0.25, -0.2) is 4.39 Å². The molecule has 1 atom stereocenters. The molecule has 0 aliphatic heterocycles. The molecule has 0 aliphatic rings. The van der Waals surface area contributed by atoms with E-state index < -0.39 is 6.10 Å². The fourth-order valence-corrected chi connectivity index (χ4v) is 2.76. The average Bonchev–Trinajstić information content (AvgIpc) is 3.12. The van der Waals surface area contributed by atoms with Crippen molar-refractivity contribution in [1.29, 1.82) is 0 Å². The molecular weight excluding hydrogens is 349 g/mol. The van der Waals surface area contributed by atoms with Gasteiger partial charge in [0, 0.05) is 37.5 Å². The SMILES string of the molecule is CC(O)c1c(-c2ccc(F)cc2)noc1C(=O)N(C)CCc1ccccn1. The third-order valence-electron chi connectivity index (χ3n) is 4.23. The molecule has 6 nitrogen and oxygen atoms in total. The summed E-state index contributed by atoms with van der Waals surface area (Å²) in [6.07, 6.45) is 1.32. The number of aliphatic hydroxyl groups is 1. The first-order valence-electron chi connectivity index (χ1n) is 8.56. The van der Waals surface area contributed by atoms with Crippen LogP contribution in [0.1, 0.15) is 34.8 Å². The van der Waals surface area contributed by atoms with Crippen molar-refractivity contribution < 1.29 is 18.8 Å². The fourth-order valence-electron chi connectivity index (χ4n) is 2.76. The molecule has 27 heavy (non-hydrogen) atoms. The summed E-state index contributed by atoms with van der Waals surface area (Å²) in [7, 11) is 1.65. The Hall–Kier alpha value is -3.06. The molecule has 1 unspecified atom stereocenters. The molecule has 3 rings (SSSR count). The molecule has 0 saturated carbocycles. The summed E-state index contributed by atoms with van der Waals surface area (Å²) >= 11 is 0. The molecule has 140 valence electrons. The van der Waals surface area contributed by atoms with E-state index in [2.05, 4.69) is 10.1 Å². The maximum Gasteiger partial charge on any atom is 0.292 e. The van der Waals surface area contributed by atoms with Gasteiger partial charge in [0.2, 0.25) is 5.76 Å². The Labute approximate surface area is 156 Å². The molecule has 1 aromatic carbocycles. The number of benzene rings is 1. The second-order valence-electron chi connectivity index (χ2n) is 6.25. The normalized spacial score (nSPS) is 12.0. The third-order valence-corrected chi connectivity index (χ3v) is 4.23. The lowest BCUT2D eigenvalue weighted by molar-refractivity contribution is 0.0746. The number of halogens is 1. The van der Waals surface area contributed by atoms with Crippen molar-refractivity contribution in [1.82, 2.24) is 15.0 Å². The molecule has 7 heteroatoms. The number of carbonyl (C=O) groups excluding carboxylic acids is 1. The zero-order valence-electron chi connectivity index (χ0n) is 15.1. The topological polar surface area (TPSA) is 79.5 Å². The summed E-state index contributed by atoms with van der Waals surface area (Å²) in [6.45, 7) is 1.96. The van der Waals surface area contributed by atoms with Gasteiger partial charge in [-0.2, -0.15) is 0 Å². The number of aromatic nitrogens is 2. The van der Waals surface area contributed by atoms with E-state index in [0.29, 0.717) is 24.2 Å². The summed E-state index contributed by atoms with van der Waals surface area (Å²) in [5.41, 5.74) is 2.05. The van der Waals surface area contributed by atoms with Crippen molar-refractivity contribution in [2.75, 3.05) is 13.6 Å². The van der Waals surface area contributed by atoms with Crippen LogP contribution >= 0.6 is 0 Å². The summed E-state index contributed by atoms with van der Waals surface area (Å²) in [5.74, 6) is -0.790. The summed E-state index contributed by atoms with van der Waals surface area (Å²) < 4.78 is 18.4. The highest BCUT2D eigenvalue weighted by Gasteiger charge is 2.28. The van der Waals surface area contributed by atoms with Crippen molar-refractivity contribution in [3.8, 4) is 11.3 Å². The first kappa shape index (κ1) is 18.7. The van der Waals surface area contributed by atoms with Crippen LogP contribution in [0.4, 0.5) is 4.39 Å². The number of amides is 1. The number of nitrogens with zero attached hydrogens (tertiary/aromatic N) is 3. The number of hydrogen-bond donors (Lipinski definition) is 1. The van der Waals surface area contributed by atoms with Gasteiger partial charge in [-0.1, -0.05) is 11.2 Å². The zero-order valence-corrected chi connectivity index (χ0v) is 15.1. The Morgan fingerprint density at radius 1 is 1.26 bits per heavy atom. The molecule has 2 aromatic heterocycles. The van der Waals surface area contributed by atoms with Crippen molar-refractivity contribution in [3.63, 3.8) is 0 Å². The first-order valence-corrected chi connectivity index (χ1v) is 8.56. The lowest BCUT2D eigenvalue weighted by Gasteiger charge is -2.16. The molecular formula is C20H20FN3O3. The number of likely N-dealkylation sites (N-methyl/N-ethyl adjacent to an activating group) is 1. The average molecular weight is 369 g/mol. The van der Waals surface area contributed by atoms with E-state index in [1.807, 2.05) is 18.2 Å². The van der Waals surface area contributed by atoms with Gasteiger partial charge in [0.1, 0.15) is 11.5 Å². The monoisotopic (exact) mass is 369 g/mol. The van der Waals surface area contributed by atoms with E-state index in [1.165, 1.54) is 36.1 Å². The highest BCUT2D eigenvalue weighted by atomic mass is 19.1. The van der Waals surface area contributed by atoms with Crippen LogP contribution in [0, 0.1) is 5.82 Å². The number of pyridine rings is 1. The first-order chi connectivity index (χ1) is 13.0. The second-order valence-corrected chi connectivity index (χ2v) is 6.25. The van der Waals surface area contributed by atoms with Crippen LogP contribution in [0.5, 0.6) is 0 Å². The van der Waals surface area contributed by atoms with Crippen molar-refractivity contribution in [2.24, 2.45) is 0 Å². The van der Waals surface area contributed by atoms with E-state index in [4.69, 9.17) is 4.52 Å². The van der Waals surface area contributed by atoms with Crippen LogP contribution in [0.2, 0.25) is 0 Å². The smallest absolute Gasteiger partial charge is 0.292 e. The molecule has 1 N–H and O–H groups in total. The Kier molecular flexibility index (Phi) is 5.61. The van der Waals surface area contributed by atoms with Crippen LogP contribution in [0.25, 0.3) is 11.3 Å². The summed E-state index contributed by atoms with van der Waals surface area (Å²) in [6, 6.07) is 11.2. The number of aliphatic hydroxyl groups excluding tert-OH is 1. The van der Waals surface area contributed by atoms with E-state index >= 15 is 0 Å². The zero-order chi connectivity index (χ0) is 19.4. The van der Waals surface area contributed by atoms with Crippen molar-refractivity contribution in [3.05, 3.63) is 71.5 Å². The molecule has 0 saturated heterocycles. The van der Waals surface area contributed by atoms with Crippen LogP contribution in [0.15, 0.2) is 53.2 Å². The maximum absolute atomic E-state index is 13.2. The van der Waals surface area contributed by atoms with Gasteiger partial charge in [0.25, 0.3) is 5.91 Å².